The largest absolute Gasteiger partial charge is 0.468 e. The van der Waals surface area contributed by atoms with Gasteiger partial charge in [0.2, 0.25) is 0 Å². The van der Waals surface area contributed by atoms with Gasteiger partial charge in [-0.15, -0.1) is 0 Å². The Morgan fingerprint density at radius 1 is 1.80 bits per heavy atom. The molecule has 0 aromatic carbocycles. The van der Waals surface area contributed by atoms with Crippen molar-refractivity contribution < 1.29 is 9.53 Å². The van der Waals surface area contributed by atoms with Crippen molar-refractivity contribution in [1.82, 2.24) is 14.9 Å². The number of likely N-dealkylation sites (N-methyl/N-ethyl adjacent to an activating group) is 1. The molecule has 0 saturated heterocycles. The van der Waals surface area contributed by atoms with Gasteiger partial charge in [0.25, 0.3) is 0 Å². The van der Waals surface area contributed by atoms with E-state index in [2.05, 4.69) is 15.0 Å². The minimum absolute atomic E-state index is 0.251. The van der Waals surface area contributed by atoms with Crippen LogP contribution in [0.1, 0.15) is 0 Å². The van der Waals surface area contributed by atoms with Crippen LogP contribution in [0.2, 0.25) is 0 Å². The summed E-state index contributed by atoms with van der Waals surface area (Å²) in [7, 11) is 5.04. The molecule has 0 saturated carbocycles. The standard InChI is InChI=1S/C9H15N3O2S/c1-10-7(8(13)14-3)6-15-9-11-4-5-12(9)2/h4-5,7,10H,6H2,1-3H3. The van der Waals surface area contributed by atoms with Crippen LogP contribution in [0.15, 0.2) is 17.6 Å². The average Bonchev–Trinajstić information content (AvgIpc) is 2.65. The van der Waals surface area contributed by atoms with Crippen LogP contribution < -0.4 is 5.32 Å². The highest BCUT2D eigenvalue weighted by molar-refractivity contribution is 7.99. The van der Waals surface area contributed by atoms with Gasteiger partial charge in [0.05, 0.1) is 7.11 Å². The van der Waals surface area contributed by atoms with Gasteiger partial charge < -0.3 is 14.6 Å². The van der Waals surface area contributed by atoms with Crippen LogP contribution in [-0.4, -0.2) is 41.5 Å². The number of thioether (sulfide) groups is 1. The van der Waals surface area contributed by atoms with Crippen molar-refractivity contribution in [3.05, 3.63) is 12.4 Å². The third-order valence-electron chi connectivity index (χ3n) is 1.99. The number of carbonyl (C=O) groups excluding carboxylic acids is 1. The van der Waals surface area contributed by atoms with Crippen LogP contribution >= 0.6 is 11.8 Å². The Bertz CT molecular complexity index is 327. The lowest BCUT2D eigenvalue weighted by Crippen LogP contribution is -2.37. The van der Waals surface area contributed by atoms with Crippen LogP contribution in [0.3, 0.4) is 0 Å². The zero-order valence-electron chi connectivity index (χ0n) is 9.06. The predicted molar refractivity (Wildman–Crippen MR) is 58.8 cm³/mol. The molecule has 0 aliphatic rings. The fourth-order valence-corrected chi connectivity index (χ4v) is 2.08. The molecule has 6 heteroatoms. The molecule has 15 heavy (non-hydrogen) atoms. The molecule has 1 atom stereocenters. The molecule has 1 N–H and O–H groups in total. The smallest absolute Gasteiger partial charge is 0.323 e. The van der Waals surface area contributed by atoms with Crippen LogP contribution in [0.25, 0.3) is 0 Å². The van der Waals surface area contributed by atoms with Crippen molar-refractivity contribution in [3.63, 3.8) is 0 Å². The van der Waals surface area contributed by atoms with Gasteiger partial charge in [-0.3, -0.25) is 4.79 Å². The monoisotopic (exact) mass is 229 g/mol. The van der Waals surface area contributed by atoms with Gasteiger partial charge >= 0.3 is 5.97 Å². The minimum Gasteiger partial charge on any atom is -0.468 e. The minimum atomic E-state index is -0.295. The first kappa shape index (κ1) is 12.1. The summed E-state index contributed by atoms with van der Waals surface area (Å²) >= 11 is 1.52. The van der Waals surface area contributed by atoms with Crippen molar-refractivity contribution in [2.75, 3.05) is 19.9 Å². The average molecular weight is 229 g/mol. The van der Waals surface area contributed by atoms with Crippen molar-refractivity contribution >= 4 is 17.7 Å². The Morgan fingerprint density at radius 2 is 2.53 bits per heavy atom. The van der Waals surface area contributed by atoms with E-state index in [1.165, 1.54) is 18.9 Å². The molecule has 1 heterocycles. The number of nitrogens with one attached hydrogen (secondary N) is 1. The number of carbonyl (C=O) groups is 1. The maximum absolute atomic E-state index is 11.3. The van der Waals surface area contributed by atoms with Crippen molar-refractivity contribution in [2.45, 2.75) is 11.2 Å². The van der Waals surface area contributed by atoms with E-state index in [1.807, 2.05) is 17.8 Å². The van der Waals surface area contributed by atoms with Crippen LogP contribution in [0, 0.1) is 0 Å². The van der Waals surface area contributed by atoms with Gasteiger partial charge in [0.15, 0.2) is 5.16 Å². The van der Waals surface area contributed by atoms with Crippen LogP contribution in [0.4, 0.5) is 0 Å². The Hall–Kier alpha value is -1.01. The second-order valence-electron chi connectivity index (χ2n) is 3.00. The molecule has 0 aliphatic carbocycles. The molecule has 5 nitrogen and oxygen atoms in total. The van der Waals surface area contributed by atoms with Gasteiger partial charge in [-0.1, -0.05) is 11.8 Å². The first-order valence-electron chi connectivity index (χ1n) is 4.54. The van der Waals surface area contributed by atoms with Gasteiger partial charge in [0, 0.05) is 25.2 Å². The number of nitrogens with zero attached hydrogens (tertiary/aromatic N) is 2. The molecule has 0 fully saturated rings. The summed E-state index contributed by atoms with van der Waals surface area (Å²) in [6.07, 6.45) is 3.60. The highest BCUT2D eigenvalue weighted by Gasteiger charge is 2.17. The number of hydrogen-bond donors (Lipinski definition) is 1. The quantitative estimate of drug-likeness (QED) is 0.580. The Kier molecular flexibility index (Phi) is 4.64. The summed E-state index contributed by atoms with van der Waals surface area (Å²) in [6, 6.07) is -0.295. The molecule has 1 aromatic heterocycles. The van der Waals surface area contributed by atoms with E-state index in [0.717, 1.165) is 5.16 Å². The summed E-state index contributed by atoms with van der Waals surface area (Å²) in [6.45, 7) is 0. The fourth-order valence-electron chi connectivity index (χ4n) is 1.06. The highest BCUT2D eigenvalue weighted by atomic mass is 32.2. The molecule has 0 bridgehead atoms. The van der Waals surface area contributed by atoms with Gasteiger partial charge in [0.1, 0.15) is 6.04 Å². The van der Waals surface area contributed by atoms with Crippen molar-refractivity contribution in [1.29, 1.82) is 0 Å². The topological polar surface area (TPSA) is 56.2 Å². The lowest BCUT2D eigenvalue weighted by Gasteiger charge is -2.12. The molecule has 0 aliphatic heterocycles. The normalized spacial score (nSPS) is 12.5. The van der Waals surface area contributed by atoms with E-state index >= 15 is 0 Å². The molecule has 1 unspecified atom stereocenters. The summed E-state index contributed by atoms with van der Waals surface area (Å²) in [4.78, 5) is 15.4. The number of imidazole rings is 1. The Balaban J connectivity index is 2.48. The molecule has 0 spiro atoms. The maximum Gasteiger partial charge on any atom is 0.323 e. The van der Waals surface area contributed by atoms with Gasteiger partial charge in [-0.2, -0.15) is 0 Å². The summed E-state index contributed by atoms with van der Waals surface area (Å²) in [5.74, 6) is 0.354. The predicted octanol–water partition coefficient (Wildman–Crippen LogP) is 0.273. The van der Waals surface area contributed by atoms with E-state index in [-0.39, 0.29) is 12.0 Å². The van der Waals surface area contributed by atoms with E-state index < -0.39 is 0 Å². The number of methoxy groups -OCH3 is 1. The van der Waals surface area contributed by atoms with E-state index in [1.54, 1.807) is 13.2 Å². The lowest BCUT2D eigenvalue weighted by atomic mass is 10.3. The molecule has 0 amide bonds. The molecular weight excluding hydrogens is 214 g/mol. The number of rotatable bonds is 5. The number of ether oxygens (including phenoxy) is 1. The van der Waals surface area contributed by atoms with Gasteiger partial charge in [-0.05, 0) is 7.05 Å². The highest BCUT2D eigenvalue weighted by Crippen LogP contribution is 2.15. The molecule has 0 radical (unpaired) electrons. The van der Waals surface area contributed by atoms with E-state index in [4.69, 9.17) is 0 Å². The molecule has 1 aromatic rings. The zero-order chi connectivity index (χ0) is 11.3. The summed E-state index contributed by atoms with van der Waals surface area (Å²) < 4.78 is 6.57. The van der Waals surface area contributed by atoms with Crippen LogP contribution in [0.5, 0.6) is 0 Å². The Labute approximate surface area is 93.2 Å². The lowest BCUT2D eigenvalue weighted by molar-refractivity contribution is -0.142. The number of aryl methyl sites for hydroxylation is 1. The first-order valence-corrected chi connectivity index (χ1v) is 5.52. The first-order chi connectivity index (χ1) is 7.19. The second-order valence-corrected chi connectivity index (χ2v) is 3.98. The third-order valence-corrected chi connectivity index (χ3v) is 3.14. The second kappa shape index (κ2) is 5.77. The Morgan fingerprint density at radius 3 is 3.00 bits per heavy atom. The zero-order valence-corrected chi connectivity index (χ0v) is 9.87. The van der Waals surface area contributed by atoms with Gasteiger partial charge in [-0.25, -0.2) is 4.98 Å². The van der Waals surface area contributed by atoms with E-state index in [9.17, 15) is 4.79 Å². The molecule has 1 rings (SSSR count). The summed E-state index contributed by atoms with van der Waals surface area (Å²) in [5.41, 5.74) is 0. The van der Waals surface area contributed by atoms with E-state index in [0.29, 0.717) is 5.75 Å². The summed E-state index contributed by atoms with van der Waals surface area (Å²) in [5, 5.41) is 3.79. The molecular formula is C9H15N3O2S. The van der Waals surface area contributed by atoms with Crippen LogP contribution in [-0.2, 0) is 16.6 Å². The number of hydrogen-bond acceptors (Lipinski definition) is 5. The SMILES string of the molecule is CNC(CSc1nccn1C)C(=O)OC. The maximum atomic E-state index is 11.3. The number of esters is 1. The fraction of sp³-hybridized carbons (Fsp3) is 0.556. The van der Waals surface area contributed by atoms with Crippen molar-refractivity contribution in [2.24, 2.45) is 7.05 Å². The number of aromatic nitrogens is 2. The van der Waals surface area contributed by atoms with Crippen molar-refractivity contribution in [3.8, 4) is 0 Å². The molecule has 84 valence electrons. The third kappa shape index (κ3) is 3.24.